The van der Waals surface area contributed by atoms with Crippen molar-refractivity contribution in [1.29, 1.82) is 0 Å². The molecule has 1 unspecified atom stereocenters. The van der Waals surface area contributed by atoms with Crippen LogP contribution in [0.25, 0.3) is 0 Å². The summed E-state index contributed by atoms with van der Waals surface area (Å²) in [5, 5.41) is 0.246. The number of rotatable bonds is 4. The summed E-state index contributed by atoms with van der Waals surface area (Å²) in [7, 11) is 1.48. The molecule has 2 rings (SSSR count). The first-order valence-electron chi connectivity index (χ1n) is 5.43. The fraction of sp³-hybridized carbons (Fsp3) is 0.167. The van der Waals surface area contributed by atoms with E-state index in [1.165, 1.54) is 37.7 Å². The normalized spacial score (nSPS) is 12.2. The average Bonchev–Trinajstić information content (AvgIpc) is 2.42. The molecule has 0 bridgehead atoms. The van der Waals surface area contributed by atoms with Crippen LogP contribution in [0, 0.1) is 5.82 Å². The van der Waals surface area contributed by atoms with Crippen molar-refractivity contribution in [3.8, 4) is 5.88 Å². The van der Waals surface area contributed by atoms with Gasteiger partial charge in [0.1, 0.15) is 11.5 Å². The predicted molar refractivity (Wildman–Crippen MR) is 69.2 cm³/mol. The SMILES string of the molecule is COc1nccnc1C(NN)c1ccc(F)cc1Cl. The second-order valence-electron chi connectivity index (χ2n) is 3.72. The van der Waals surface area contributed by atoms with Gasteiger partial charge in [0.2, 0.25) is 5.88 Å². The smallest absolute Gasteiger partial charge is 0.237 e. The number of halogens is 2. The van der Waals surface area contributed by atoms with Crippen molar-refractivity contribution in [3.63, 3.8) is 0 Å². The first-order valence-corrected chi connectivity index (χ1v) is 5.81. The molecule has 2 aromatic rings. The zero-order chi connectivity index (χ0) is 13.8. The summed E-state index contributed by atoms with van der Waals surface area (Å²) in [5.41, 5.74) is 3.64. The Kier molecular flexibility index (Phi) is 4.26. The molecular formula is C12H12ClFN4O. The number of ether oxygens (including phenoxy) is 1. The zero-order valence-corrected chi connectivity index (χ0v) is 10.9. The molecule has 0 saturated carbocycles. The highest BCUT2D eigenvalue weighted by Crippen LogP contribution is 2.30. The summed E-state index contributed by atoms with van der Waals surface area (Å²) < 4.78 is 18.2. The van der Waals surface area contributed by atoms with Crippen molar-refractivity contribution in [2.45, 2.75) is 6.04 Å². The molecule has 1 aromatic heterocycles. The van der Waals surface area contributed by atoms with Crippen LogP contribution in [0.5, 0.6) is 5.88 Å². The molecule has 0 aliphatic carbocycles. The van der Waals surface area contributed by atoms with Crippen molar-refractivity contribution in [3.05, 3.63) is 52.7 Å². The van der Waals surface area contributed by atoms with Gasteiger partial charge in [-0.3, -0.25) is 10.8 Å². The van der Waals surface area contributed by atoms with Gasteiger partial charge in [-0.25, -0.2) is 14.8 Å². The molecule has 0 aliphatic rings. The summed E-state index contributed by atoms with van der Waals surface area (Å²) in [4.78, 5) is 8.22. The Morgan fingerprint density at radius 1 is 1.37 bits per heavy atom. The van der Waals surface area contributed by atoms with Gasteiger partial charge in [0, 0.05) is 17.4 Å². The summed E-state index contributed by atoms with van der Waals surface area (Å²) in [5.74, 6) is 5.45. The number of benzene rings is 1. The lowest BCUT2D eigenvalue weighted by Crippen LogP contribution is -2.30. The molecule has 19 heavy (non-hydrogen) atoms. The fourth-order valence-electron chi connectivity index (χ4n) is 1.74. The maximum absolute atomic E-state index is 13.1. The van der Waals surface area contributed by atoms with Gasteiger partial charge in [0.25, 0.3) is 0 Å². The Hall–Kier alpha value is -1.76. The molecule has 0 fully saturated rings. The Labute approximate surface area is 114 Å². The Balaban J connectivity index is 2.50. The van der Waals surface area contributed by atoms with Crippen LogP contribution in [0.3, 0.4) is 0 Å². The zero-order valence-electron chi connectivity index (χ0n) is 10.1. The molecule has 100 valence electrons. The third-order valence-electron chi connectivity index (χ3n) is 2.60. The number of hydrogen-bond acceptors (Lipinski definition) is 5. The number of hydrogen-bond donors (Lipinski definition) is 2. The highest BCUT2D eigenvalue weighted by Gasteiger charge is 2.21. The van der Waals surface area contributed by atoms with Crippen LogP contribution < -0.4 is 16.0 Å². The van der Waals surface area contributed by atoms with E-state index < -0.39 is 11.9 Å². The molecule has 1 atom stereocenters. The molecule has 5 nitrogen and oxygen atoms in total. The lowest BCUT2D eigenvalue weighted by Gasteiger charge is -2.18. The Morgan fingerprint density at radius 2 is 2.11 bits per heavy atom. The minimum absolute atomic E-state index is 0.246. The van der Waals surface area contributed by atoms with E-state index in [9.17, 15) is 4.39 Å². The van der Waals surface area contributed by atoms with E-state index in [0.717, 1.165) is 0 Å². The molecule has 0 amide bonds. The highest BCUT2D eigenvalue weighted by molar-refractivity contribution is 6.31. The van der Waals surface area contributed by atoms with Gasteiger partial charge in [-0.05, 0) is 17.7 Å². The quantitative estimate of drug-likeness (QED) is 0.661. The molecule has 0 spiro atoms. The summed E-state index contributed by atoms with van der Waals surface area (Å²) in [6.07, 6.45) is 3.02. The molecule has 1 aromatic carbocycles. The van der Waals surface area contributed by atoms with Crippen molar-refractivity contribution in [2.24, 2.45) is 5.84 Å². The number of hydrazine groups is 1. The standard InChI is InChI=1S/C12H12ClFN4O/c1-19-12-11(16-4-5-17-12)10(18-15)8-3-2-7(14)6-9(8)13/h2-6,10,18H,15H2,1H3. The van der Waals surface area contributed by atoms with Gasteiger partial charge in [0.05, 0.1) is 13.2 Å². The molecule has 7 heteroatoms. The van der Waals surface area contributed by atoms with E-state index in [2.05, 4.69) is 15.4 Å². The largest absolute Gasteiger partial charge is 0.480 e. The minimum atomic E-state index is -0.545. The molecule has 1 heterocycles. The van der Waals surface area contributed by atoms with E-state index in [1.54, 1.807) is 0 Å². The number of aromatic nitrogens is 2. The van der Waals surface area contributed by atoms with Crippen LogP contribution in [0.2, 0.25) is 5.02 Å². The van der Waals surface area contributed by atoms with Crippen molar-refractivity contribution < 1.29 is 9.13 Å². The van der Waals surface area contributed by atoms with E-state index in [-0.39, 0.29) is 5.02 Å². The first-order chi connectivity index (χ1) is 9.17. The Morgan fingerprint density at radius 3 is 2.74 bits per heavy atom. The number of nitrogens with zero attached hydrogens (tertiary/aromatic N) is 2. The molecule has 0 aliphatic heterocycles. The molecule has 0 radical (unpaired) electrons. The topological polar surface area (TPSA) is 73.1 Å². The summed E-state index contributed by atoms with van der Waals surface area (Å²) in [6, 6.07) is 3.51. The van der Waals surface area contributed by atoms with E-state index in [0.29, 0.717) is 17.1 Å². The summed E-state index contributed by atoms with van der Waals surface area (Å²) >= 11 is 6.02. The number of methoxy groups -OCH3 is 1. The maximum Gasteiger partial charge on any atom is 0.237 e. The number of nitrogens with two attached hydrogens (primary N) is 1. The van der Waals surface area contributed by atoms with Gasteiger partial charge in [-0.15, -0.1) is 0 Å². The van der Waals surface area contributed by atoms with E-state index >= 15 is 0 Å². The van der Waals surface area contributed by atoms with Crippen molar-refractivity contribution >= 4 is 11.6 Å². The lowest BCUT2D eigenvalue weighted by molar-refractivity contribution is 0.383. The van der Waals surface area contributed by atoms with Gasteiger partial charge in [-0.2, -0.15) is 0 Å². The maximum atomic E-state index is 13.1. The number of nitrogens with one attached hydrogen (secondary N) is 1. The Bertz CT molecular complexity index is 581. The first kappa shape index (κ1) is 13.7. The fourth-order valence-corrected chi connectivity index (χ4v) is 2.02. The second kappa shape index (κ2) is 5.92. The van der Waals surface area contributed by atoms with E-state index in [4.69, 9.17) is 22.2 Å². The minimum Gasteiger partial charge on any atom is -0.480 e. The average molecular weight is 283 g/mol. The van der Waals surface area contributed by atoms with Crippen LogP contribution in [-0.2, 0) is 0 Å². The van der Waals surface area contributed by atoms with Gasteiger partial charge in [-0.1, -0.05) is 17.7 Å². The third kappa shape index (κ3) is 2.81. The van der Waals surface area contributed by atoms with Crippen LogP contribution in [0.4, 0.5) is 4.39 Å². The molecule has 3 N–H and O–H groups in total. The predicted octanol–water partition coefficient (Wildman–Crippen LogP) is 1.83. The molecule has 0 saturated heterocycles. The van der Waals surface area contributed by atoms with Crippen LogP contribution >= 0.6 is 11.6 Å². The second-order valence-corrected chi connectivity index (χ2v) is 4.12. The van der Waals surface area contributed by atoms with Crippen molar-refractivity contribution in [2.75, 3.05) is 7.11 Å². The van der Waals surface area contributed by atoms with E-state index in [1.807, 2.05) is 0 Å². The lowest BCUT2D eigenvalue weighted by atomic mass is 10.0. The van der Waals surface area contributed by atoms with Gasteiger partial charge in [0.15, 0.2) is 0 Å². The van der Waals surface area contributed by atoms with Crippen molar-refractivity contribution in [1.82, 2.24) is 15.4 Å². The molecular weight excluding hydrogens is 271 g/mol. The highest BCUT2D eigenvalue weighted by atomic mass is 35.5. The van der Waals surface area contributed by atoms with Crippen LogP contribution in [0.1, 0.15) is 17.3 Å². The summed E-state index contributed by atoms with van der Waals surface area (Å²) in [6.45, 7) is 0. The van der Waals surface area contributed by atoms with Crippen LogP contribution in [0.15, 0.2) is 30.6 Å². The van der Waals surface area contributed by atoms with Gasteiger partial charge < -0.3 is 4.74 Å². The third-order valence-corrected chi connectivity index (χ3v) is 2.93. The van der Waals surface area contributed by atoms with Gasteiger partial charge >= 0.3 is 0 Å². The van der Waals surface area contributed by atoms with Crippen LogP contribution in [-0.4, -0.2) is 17.1 Å². The monoisotopic (exact) mass is 282 g/mol.